The van der Waals surface area contributed by atoms with E-state index in [2.05, 4.69) is 45.9 Å². The van der Waals surface area contributed by atoms with Crippen LogP contribution >= 0.6 is 0 Å². The van der Waals surface area contributed by atoms with E-state index in [1.165, 1.54) is 16.7 Å². The molecule has 2 aromatic rings. The molecule has 2 aromatic carbocycles. The molecule has 0 amide bonds. The molecule has 0 bridgehead atoms. The van der Waals surface area contributed by atoms with Crippen LogP contribution in [0.5, 0.6) is 0 Å². The summed E-state index contributed by atoms with van der Waals surface area (Å²) in [4.78, 5) is 10.9. The van der Waals surface area contributed by atoms with E-state index in [1.807, 2.05) is 12.1 Å². The van der Waals surface area contributed by atoms with Gasteiger partial charge in [0.15, 0.2) is 0 Å². The zero-order chi connectivity index (χ0) is 15.6. The number of rotatable bonds is 4. The molecular formula is C19H22O2. The Balaban J connectivity index is 2.49. The summed E-state index contributed by atoms with van der Waals surface area (Å²) in [5, 5.41) is 8.99. The van der Waals surface area contributed by atoms with E-state index in [0.717, 1.165) is 5.56 Å². The first-order valence-corrected chi connectivity index (χ1v) is 7.37. The van der Waals surface area contributed by atoms with E-state index in [0.29, 0.717) is 17.4 Å². The van der Waals surface area contributed by atoms with E-state index in [-0.39, 0.29) is 0 Å². The fourth-order valence-corrected chi connectivity index (χ4v) is 2.47. The van der Waals surface area contributed by atoms with Crippen LogP contribution in [-0.2, 0) is 0 Å². The third-order valence-electron chi connectivity index (χ3n) is 3.81. The summed E-state index contributed by atoms with van der Waals surface area (Å²) in [6.07, 6.45) is 0. The minimum absolute atomic E-state index is 0.323. The number of carbonyl (C=O) groups is 1. The van der Waals surface area contributed by atoms with E-state index in [1.54, 1.807) is 12.1 Å². The summed E-state index contributed by atoms with van der Waals surface area (Å²) in [6, 6.07) is 13.7. The first kappa shape index (κ1) is 15.3. The third kappa shape index (κ3) is 3.33. The van der Waals surface area contributed by atoms with Crippen LogP contribution in [0.1, 0.15) is 61.0 Å². The van der Waals surface area contributed by atoms with Crippen molar-refractivity contribution in [3.8, 4) is 11.1 Å². The molecule has 0 saturated heterocycles. The van der Waals surface area contributed by atoms with Gasteiger partial charge in [-0.3, -0.25) is 0 Å². The monoisotopic (exact) mass is 282 g/mol. The summed E-state index contributed by atoms with van der Waals surface area (Å²) in [5.41, 5.74) is 5.22. The van der Waals surface area contributed by atoms with E-state index >= 15 is 0 Å². The third-order valence-corrected chi connectivity index (χ3v) is 3.81. The lowest BCUT2D eigenvalue weighted by Crippen LogP contribution is -1.98. The van der Waals surface area contributed by atoms with Crippen molar-refractivity contribution < 1.29 is 9.90 Å². The highest BCUT2D eigenvalue weighted by molar-refractivity contribution is 5.88. The molecule has 0 aromatic heterocycles. The second-order valence-electron chi connectivity index (χ2n) is 6.04. The van der Waals surface area contributed by atoms with Gasteiger partial charge in [-0.25, -0.2) is 4.79 Å². The minimum atomic E-state index is -0.888. The summed E-state index contributed by atoms with van der Waals surface area (Å²) in [7, 11) is 0. The maximum absolute atomic E-state index is 10.9. The van der Waals surface area contributed by atoms with Gasteiger partial charge in [0.05, 0.1) is 5.56 Å². The van der Waals surface area contributed by atoms with Gasteiger partial charge in [-0.1, -0.05) is 58.0 Å². The van der Waals surface area contributed by atoms with Crippen molar-refractivity contribution in [3.05, 3.63) is 59.2 Å². The molecule has 0 aliphatic carbocycles. The molecule has 0 atom stereocenters. The fraction of sp³-hybridized carbons (Fsp3) is 0.316. The molecule has 0 radical (unpaired) electrons. The highest BCUT2D eigenvalue weighted by Crippen LogP contribution is 2.32. The van der Waals surface area contributed by atoms with Crippen molar-refractivity contribution >= 4 is 5.97 Å². The smallest absolute Gasteiger partial charge is 0.335 e. The van der Waals surface area contributed by atoms with Crippen molar-refractivity contribution in [1.29, 1.82) is 0 Å². The Morgan fingerprint density at radius 2 is 1.52 bits per heavy atom. The van der Waals surface area contributed by atoms with Crippen LogP contribution in [0.4, 0.5) is 0 Å². The van der Waals surface area contributed by atoms with Crippen LogP contribution in [-0.4, -0.2) is 11.1 Å². The van der Waals surface area contributed by atoms with Crippen LogP contribution in [0.3, 0.4) is 0 Å². The Hall–Kier alpha value is -2.09. The summed E-state index contributed by atoms with van der Waals surface area (Å²) < 4.78 is 0. The number of benzene rings is 2. The van der Waals surface area contributed by atoms with E-state index < -0.39 is 5.97 Å². The van der Waals surface area contributed by atoms with Gasteiger partial charge in [0.25, 0.3) is 0 Å². The number of hydrogen-bond acceptors (Lipinski definition) is 1. The van der Waals surface area contributed by atoms with Crippen molar-refractivity contribution in [3.63, 3.8) is 0 Å². The maximum atomic E-state index is 10.9. The lowest BCUT2D eigenvalue weighted by atomic mass is 9.88. The van der Waals surface area contributed by atoms with Crippen LogP contribution < -0.4 is 0 Å². The van der Waals surface area contributed by atoms with Crippen molar-refractivity contribution in [2.45, 2.75) is 39.5 Å². The topological polar surface area (TPSA) is 37.3 Å². The Morgan fingerprint density at radius 3 is 2.00 bits per heavy atom. The fourth-order valence-electron chi connectivity index (χ4n) is 2.47. The van der Waals surface area contributed by atoms with Crippen molar-refractivity contribution in [2.24, 2.45) is 0 Å². The van der Waals surface area contributed by atoms with Gasteiger partial charge in [0.1, 0.15) is 0 Å². The normalized spacial score (nSPS) is 11.1. The van der Waals surface area contributed by atoms with E-state index in [4.69, 9.17) is 5.11 Å². The summed E-state index contributed by atoms with van der Waals surface area (Å²) in [5.74, 6) is 0.0459. The Bertz CT molecular complexity index is 637. The SMILES string of the molecule is CC(C)c1ccc(-c2ccc(C(=O)O)cc2)c(C(C)C)c1. The molecule has 2 rings (SSSR count). The quantitative estimate of drug-likeness (QED) is 0.826. The number of carboxylic acid groups (broad SMARTS) is 1. The predicted octanol–water partition coefficient (Wildman–Crippen LogP) is 5.30. The van der Waals surface area contributed by atoms with Crippen LogP contribution in [0.25, 0.3) is 11.1 Å². The van der Waals surface area contributed by atoms with Crippen LogP contribution in [0, 0.1) is 0 Å². The Morgan fingerprint density at radius 1 is 0.905 bits per heavy atom. The van der Waals surface area contributed by atoms with Gasteiger partial charge in [0.2, 0.25) is 0 Å². The van der Waals surface area contributed by atoms with Crippen molar-refractivity contribution in [1.82, 2.24) is 0 Å². The maximum Gasteiger partial charge on any atom is 0.335 e. The van der Waals surface area contributed by atoms with Crippen molar-refractivity contribution in [2.75, 3.05) is 0 Å². The molecule has 2 nitrogen and oxygen atoms in total. The van der Waals surface area contributed by atoms with Gasteiger partial charge in [0, 0.05) is 0 Å². The molecule has 0 fully saturated rings. The van der Waals surface area contributed by atoms with Crippen LogP contribution in [0.15, 0.2) is 42.5 Å². The molecule has 0 saturated carbocycles. The van der Waals surface area contributed by atoms with Gasteiger partial charge in [-0.05, 0) is 46.2 Å². The second kappa shape index (κ2) is 6.13. The standard InChI is InChI=1S/C19H22O2/c1-12(2)16-9-10-17(18(11-16)13(3)4)14-5-7-15(8-6-14)19(20)21/h5-13H,1-4H3,(H,20,21). The number of aromatic carboxylic acids is 1. The first-order valence-electron chi connectivity index (χ1n) is 7.37. The Labute approximate surface area is 126 Å². The van der Waals surface area contributed by atoms with Crippen LogP contribution in [0.2, 0.25) is 0 Å². The highest BCUT2D eigenvalue weighted by Gasteiger charge is 2.12. The van der Waals surface area contributed by atoms with Gasteiger partial charge in [-0.2, -0.15) is 0 Å². The number of hydrogen-bond donors (Lipinski definition) is 1. The first-order chi connectivity index (χ1) is 9.90. The lowest BCUT2D eigenvalue weighted by molar-refractivity contribution is 0.0697. The zero-order valence-corrected chi connectivity index (χ0v) is 13.1. The zero-order valence-electron chi connectivity index (χ0n) is 13.1. The molecule has 1 N–H and O–H groups in total. The molecule has 0 aliphatic heterocycles. The molecule has 0 unspecified atom stereocenters. The highest BCUT2D eigenvalue weighted by atomic mass is 16.4. The summed E-state index contributed by atoms with van der Waals surface area (Å²) in [6.45, 7) is 8.77. The molecule has 0 spiro atoms. The minimum Gasteiger partial charge on any atom is -0.478 e. The van der Waals surface area contributed by atoms with Gasteiger partial charge >= 0.3 is 5.97 Å². The van der Waals surface area contributed by atoms with Gasteiger partial charge in [-0.15, -0.1) is 0 Å². The molecular weight excluding hydrogens is 260 g/mol. The molecule has 0 aliphatic rings. The molecule has 0 heterocycles. The predicted molar refractivity (Wildman–Crippen MR) is 87.0 cm³/mol. The molecule has 21 heavy (non-hydrogen) atoms. The Kier molecular flexibility index (Phi) is 4.46. The number of carboxylic acids is 1. The van der Waals surface area contributed by atoms with Gasteiger partial charge < -0.3 is 5.11 Å². The average molecular weight is 282 g/mol. The van der Waals surface area contributed by atoms with E-state index in [9.17, 15) is 4.79 Å². The second-order valence-corrected chi connectivity index (χ2v) is 6.04. The average Bonchev–Trinajstić information content (AvgIpc) is 2.46. The lowest BCUT2D eigenvalue weighted by Gasteiger charge is -2.16. The summed E-state index contributed by atoms with van der Waals surface area (Å²) >= 11 is 0. The molecule has 110 valence electrons. The largest absolute Gasteiger partial charge is 0.478 e. The molecule has 2 heteroatoms.